The van der Waals surface area contributed by atoms with Crippen molar-refractivity contribution >= 4 is 11.8 Å². The van der Waals surface area contributed by atoms with Gasteiger partial charge in [0.25, 0.3) is 0 Å². The van der Waals surface area contributed by atoms with E-state index < -0.39 is 5.97 Å². The Balaban J connectivity index is 2.78. The molecule has 4 nitrogen and oxygen atoms in total. The van der Waals surface area contributed by atoms with Crippen LogP contribution in [0.1, 0.15) is 91.8 Å². The number of carbonyl (C=O) groups is 2. The van der Waals surface area contributed by atoms with Gasteiger partial charge in [0.2, 0.25) is 0 Å². The highest BCUT2D eigenvalue weighted by atomic mass is 16.4. The smallest absolute Gasteiger partial charge is 0.336 e. The maximum Gasteiger partial charge on any atom is 0.336 e. The summed E-state index contributed by atoms with van der Waals surface area (Å²) in [5.41, 5.74) is 1.31. The number of carboxylic acid groups (broad SMARTS) is 1. The second-order valence-electron chi connectivity index (χ2n) is 8.57. The van der Waals surface area contributed by atoms with Crippen LogP contribution in [0.25, 0.3) is 0 Å². The first-order chi connectivity index (χ1) is 13.0. The number of phenols is 1. The fraction of sp³-hybridized carbons (Fsp3) is 0.417. The van der Waals surface area contributed by atoms with Crippen LogP contribution in [0.3, 0.4) is 0 Å². The molecule has 0 heterocycles. The summed E-state index contributed by atoms with van der Waals surface area (Å²) >= 11 is 0. The van der Waals surface area contributed by atoms with Crippen molar-refractivity contribution in [3.63, 3.8) is 0 Å². The Morgan fingerprint density at radius 3 is 1.68 bits per heavy atom. The molecule has 0 atom stereocenters. The minimum absolute atomic E-state index is 0.0202. The summed E-state index contributed by atoms with van der Waals surface area (Å²) in [6, 6.07) is 9.67. The second-order valence-corrected chi connectivity index (χ2v) is 8.57. The van der Waals surface area contributed by atoms with Crippen LogP contribution >= 0.6 is 0 Å². The molecule has 0 aliphatic carbocycles. The van der Waals surface area contributed by atoms with Gasteiger partial charge in [-0.3, -0.25) is 4.79 Å². The third-order valence-corrected chi connectivity index (χ3v) is 6.00. The Kier molecular flexibility index (Phi) is 6.03. The predicted molar refractivity (Wildman–Crippen MR) is 112 cm³/mol. The number of benzene rings is 2. The van der Waals surface area contributed by atoms with Crippen LogP contribution in [0, 0.1) is 0 Å². The van der Waals surface area contributed by atoms with Crippen molar-refractivity contribution in [2.45, 2.75) is 65.2 Å². The summed E-state index contributed by atoms with van der Waals surface area (Å²) < 4.78 is 0. The number of rotatable bonds is 7. The minimum atomic E-state index is -1.13. The Labute approximate surface area is 167 Å². The van der Waals surface area contributed by atoms with Crippen molar-refractivity contribution in [2.75, 3.05) is 0 Å². The lowest BCUT2D eigenvalue weighted by Crippen LogP contribution is -2.22. The van der Waals surface area contributed by atoms with Crippen molar-refractivity contribution in [1.29, 1.82) is 0 Å². The van der Waals surface area contributed by atoms with Crippen molar-refractivity contribution in [3.8, 4) is 5.75 Å². The van der Waals surface area contributed by atoms with E-state index in [-0.39, 0.29) is 33.5 Å². The van der Waals surface area contributed by atoms with Gasteiger partial charge < -0.3 is 10.2 Å². The van der Waals surface area contributed by atoms with E-state index in [1.807, 2.05) is 41.5 Å². The molecule has 150 valence electrons. The molecule has 4 heteroatoms. The second kappa shape index (κ2) is 7.78. The molecule has 0 saturated carbocycles. The molecule has 0 aliphatic heterocycles. The lowest BCUT2D eigenvalue weighted by Gasteiger charge is -2.31. The van der Waals surface area contributed by atoms with Crippen LogP contribution in [0.15, 0.2) is 36.4 Å². The molecule has 28 heavy (non-hydrogen) atoms. The van der Waals surface area contributed by atoms with E-state index in [0.717, 1.165) is 12.8 Å². The maximum absolute atomic E-state index is 13.3. The molecule has 0 saturated heterocycles. The van der Waals surface area contributed by atoms with Crippen LogP contribution in [0.2, 0.25) is 0 Å². The Morgan fingerprint density at radius 1 is 0.857 bits per heavy atom. The molecule has 0 unspecified atom stereocenters. The lowest BCUT2D eigenvalue weighted by atomic mass is 9.74. The average Bonchev–Trinajstić information content (AvgIpc) is 2.67. The standard InChI is InChI=1S/C24H30O4/c1-7-23(3,4)18-13-15(14-19(21(18)26)24(5,6)8-2)20(25)16-11-9-10-12-17(16)22(27)28/h9-14,26H,7-8H2,1-6H3,(H,27,28). The molecule has 2 aromatic carbocycles. The third-order valence-electron chi connectivity index (χ3n) is 6.00. The first-order valence-electron chi connectivity index (χ1n) is 9.71. The molecule has 2 N–H and O–H groups in total. The van der Waals surface area contributed by atoms with Crippen molar-refractivity contribution in [2.24, 2.45) is 0 Å². The highest BCUT2D eigenvalue weighted by molar-refractivity contribution is 6.14. The molecular weight excluding hydrogens is 352 g/mol. The number of aromatic hydroxyl groups is 1. The number of hydrogen-bond donors (Lipinski definition) is 2. The summed E-state index contributed by atoms with van der Waals surface area (Å²) in [7, 11) is 0. The molecule has 0 fully saturated rings. The van der Waals surface area contributed by atoms with Gasteiger partial charge in [-0.05, 0) is 41.9 Å². The molecule has 0 aliphatic rings. The molecule has 0 amide bonds. The van der Waals surface area contributed by atoms with Crippen LogP contribution in [0.5, 0.6) is 5.75 Å². The monoisotopic (exact) mass is 382 g/mol. The fourth-order valence-corrected chi connectivity index (χ4v) is 3.20. The van der Waals surface area contributed by atoms with Gasteiger partial charge in [0.15, 0.2) is 5.78 Å². The van der Waals surface area contributed by atoms with E-state index in [0.29, 0.717) is 16.7 Å². The summed E-state index contributed by atoms with van der Waals surface area (Å²) in [6.45, 7) is 12.2. The largest absolute Gasteiger partial charge is 0.507 e. The predicted octanol–water partition coefficient (Wildman–Crippen LogP) is 5.70. The van der Waals surface area contributed by atoms with Gasteiger partial charge in [0.05, 0.1) is 5.56 Å². The zero-order valence-corrected chi connectivity index (χ0v) is 17.6. The van der Waals surface area contributed by atoms with E-state index in [2.05, 4.69) is 0 Å². The summed E-state index contributed by atoms with van der Waals surface area (Å²) in [5, 5.41) is 20.5. The van der Waals surface area contributed by atoms with Crippen molar-refractivity contribution in [1.82, 2.24) is 0 Å². The number of carboxylic acids is 1. The van der Waals surface area contributed by atoms with Crippen LogP contribution in [-0.4, -0.2) is 22.0 Å². The quantitative estimate of drug-likeness (QED) is 0.603. The van der Waals surface area contributed by atoms with Gasteiger partial charge in [-0.25, -0.2) is 4.79 Å². The molecule has 2 aromatic rings. The fourth-order valence-electron chi connectivity index (χ4n) is 3.20. The summed E-state index contributed by atoms with van der Waals surface area (Å²) in [5.74, 6) is -1.26. The molecule has 0 radical (unpaired) electrons. The van der Waals surface area contributed by atoms with Crippen molar-refractivity contribution < 1.29 is 19.8 Å². The van der Waals surface area contributed by atoms with Gasteiger partial charge in [-0.1, -0.05) is 59.7 Å². The van der Waals surface area contributed by atoms with Crippen LogP contribution in [0.4, 0.5) is 0 Å². The van der Waals surface area contributed by atoms with Gasteiger partial charge >= 0.3 is 5.97 Å². The Bertz CT molecular complexity index is 870. The van der Waals surface area contributed by atoms with E-state index in [4.69, 9.17) is 0 Å². The lowest BCUT2D eigenvalue weighted by molar-refractivity contribution is 0.0692. The van der Waals surface area contributed by atoms with Crippen molar-refractivity contribution in [3.05, 3.63) is 64.2 Å². The highest BCUT2D eigenvalue weighted by Gasteiger charge is 2.31. The minimum Gasteiger partial charge on any atom is -0.507 e. The zero-order valence-electron chi connectivity index (χ0n) is 17.6. The summed E-state index contributed by atoms with van der Waals surface area (Å²) in [6.07, 6.45) is 1.58. The van der Waals surface area contributed by atoms with Crippen LogP contribution in [-0.2, 0) is 10.8 Å². The van der Waals surface area contributed by atoms with E-state index >= 15 is 0 Å². The van der Waals surface area contributed by atoms with E-state index in [1.165, 1.54) is 12.1 Å². The molecular formula is C24H30O4. The van der Waals surface area contributed by atoms with Crippen LogP contribution < -0.4 is 0 Å². The van der Waals surface area contributed by atoms with E-state index in [1.54, 1.807) is 24.3 Å². The molecule has 0 spiro atoms. The SMILES string of the molecule is CCC(C)(C)c1cc(C(=O)c2ccccc2C(=O)O)cc(C(C)(C)CC)c1O. The average molecular weight is 383 g/mol. The first-order valence-corrected chi connectivity index (χ1v) is 9.71. The van der Waals surface area contributed by atoms with Gasteiger partial charge in [0.1, 0.15) is 5.75 Å². The number of phenolic OH excluding ortho intramolecular Hbond substituents is 1. The molecule has 2 rings (SSSR count). The number of ketones is 1. The zero-order chi connectivity index (χ0) is 21.3. The normalized spacial score (nSPS) is 12.1. The molecule has 0 bridgehead atoms. The number of hydrogen-bond acceptors (Lipinski definition) is 3. The Hall–Kier alpha value is -2.62. The highest BCUT2D eigenvalue weighted by Crippen LogP contribution is 2.42. The first kappa shape index (κ1) is 21.7. The molecule has 0 aromatic heterocycles. The maximum atomic E-state index is 13.3. The number of carbonyl (C=O) groups excluding carboxylic acids is 1. The number of aromatic carboxylic acids is 1. The van der Waals surface area contributed by atoms with Gasteiger partial charge in [0, 0.05) is 22.3 Å². The van der Waals surface area contributed by atoms with Gasteiger partial charge in [-0.2, -0.15) is 0 Å². The topological polar surface area (TPSA) is 74.6 Å². The van der Waals surface area contributed by atoms with Gasteiger partial charge in [-0.15, -0.1) is 0 Å². The van der Waals surface area contributed by atoms with E-state index in [9.17, 15) is 19.8 Å². The Morgan fingerprint density at radius 2 is 1.29 bits per heavy atom. The summed E-state index contributed by atoms with van der Waals surface area (Å²) in [4.78, 5) is 24.8. The third kappa shape index (κ3) is 3.96.